The van der Waals surface area contributed by atoms with Crippen LogP contribution in [0.5, 0.6) is 0 Å². The van der Waals surface area contributed by atoms with Crippen molar-refractivity contribution in [1.82, 2.24) is 9.88 Å². The first-order valence-corrected chi connectivity index (χ1v) is 10.9. The Kier molecular flexibility index (Phi) is 8.24. The van der Waals surface area contributed by atoms with Gasteiger partial charge >= 0.3 is 5.97 Å². The Morgan fingerprint density at radius 2 is 1.87 bits per heavy atom. The van der Waals surface area contributed by atoms with Gasteiger partial charge in [-0.3, -0.25) is 9.59 Å². The Hall–Kier alpha value is -2.89. The lowest BCUT2D eigenvalue weighted by molar-refractivity contribution is -0.138. The number of carbonyl (C=O) groups is 2. The minimum Gasteiger partial charge on any atom is -0.481 e. The highest BCUT2D eigenvalue weighted by Crippen LogP contribution is 2.28. The zero-order valence-corrected chi connectivity index (χ0v) is 17.4. The Balaban J connectivity index is 1.40. The maximum Gasteiger partial charge on any atom is 0.304 e. The zero-order chi connectivity index (χ0) is 21.2. The van der Waals surface area contributed by atoms with Gasteiger partial charge in [0.25, 0.3) is 0 Å². The molecule has 0 fully saturated rings. The van der Waals surface area contributed by atoms with Crippen LogP contribution in [-0.4, -0.2) is 46.5 Å². The van der Waals surface area contributed by atoms with Crippen molar-refractivity contribution >= 4 is 17.7 Å². The van der Waals surface area contributed by atoms with Crippen LogP contribution in [0.3, 0.4) is 0 Å². The number of carboxylic acid groups (broad SMARTS) is 1. The summed E-state index contributed by atoms with van der Waals surface area (Å²) in [7, 11) is 0. The van der Waals surface area contributed by atoms with E-state index in [1.165, 1.54) is 5.56 Å². The number of rotatable bonds is 10. The number of carboxylic acids is 1. The largest absolute Gasteiger partial charge is 0.481 e. The molecule has 6 heteroatoms. The summed E-state index contributed by atoms with van der Waals surface area (Å²) in [6.45, 7) is 2.04. The number of aliphatic carboxylic acids is 1. The molecule has 3 rings (SSSR count). The number of hydrogen-bond donors (Lipinski definition) is 2. The summed E-state index contributed by atoms with van der Waals surface area (Å²) < 4.78 is 0. The van der Waals surface area contributed by atoms with Gasteiger partial charge in [0.1, 0.15) is 5.82 Å². The Labute approximate surface area is 178 Å². The average Bonchev–Trinajstić information content (AvgIpc) is 2.93. The van der Waals surface area contributed by atoms with Gasteiger partial charge in [-0.05, 0) is 42.5 Å². The topological polar surface area (TPSA) is 82.5 Å². The molecule has 1 amide bonds. The van der Waals surface area contributed by atoms with E-state index in [-0.39, 0.29) is 18.2 Å². The second-order valence-corrected chi connectivity index (χ2v) is 7.89. The average molecular weight is 410 g/mol. The van der Waals surface area contributed by atoms with Crippen LogP contribution in [-0.2, 0) is 16.0 Å². The van der Waals surface area contributed by atoms with Crippen molar-refractivity contribution < 1.29 is 14.7 Å². The van der Waals surface area contributed by atoms with Gasteiger partial charge in [-0.1, -0.05) is 43.2 Å². The Bertz CT molecular complexity index is 825. The van der Waals surface area contributed by atoms with Crippen LogP contribution in [0.1, 0.15) is 55.6 Å². The number of nitrogens with zero attached hydrogens (tertiary/aromatic N) is 2. The van der Waals surface area contributed by atoms with Crippen LogP contribution in [0.4, 0.5) is 5.82 Å². The van der Waals surface area contributed by atoms with Crippen molar-refractivity contribution in [2.75, 3.05) is 25.0 Å². The van der Waals surface area contributed by atoms with Gasteiger partial charge in [0.15, 0.2) is 0 Å². The van der Waals surface area contributed by atoms with Crippen LogP contribution in [0.15, 0.2) is 48.7 Å². The summed E-state index contributed by atoms with van der Waals surface area (Å²) >= 11 is 0. The highest BCUT2D eigenvalue weighted by Gasteiger charge is 2.27. The van der Waals surface area contributed by atoms with Crippen LogP contribution in [0, 0.1) is 0 Å². The summed E-state index contributed by atoms with van der Waals surface area (Å²) in [6.07, 6.45) is 7.16. The summed E-state index contributed by atoms with van der Waals surface area (Å²) in [4.78, 5) is 30.2. The molecule has 0 aliphatic carbocycles. The fourth-order valence-electron chi connectivity index (χ4n) is 4.08. The first-order chi connectivity index (χ1) is 14.6. The molecule has 1 aromatic heterocycles. The summed E-state index contributed by atoms with van der Waals surface area (Å²) in [5.74, 6) is 0.0850. The summed E-state index contributed by atoms with van der Waals surface area (Å²) in [5.41, 5.74) is 2.25. The quantitative estimate of drug-likeness (QED) is 0.578. The molecule has 160 valence electrons. The van der Waals surface area contributed by atoms with E-state index in [2.05, 4.69) is 16.4 Å². The van der Waals surface area contributed by atoms with E-state index in [1.807, 2.05) is 41.3 Å². The lowest BCUT2D eigenvalue weighted by Gasteiger charge is -2.24. The molecule has 1 aliphatic rings. The highest BCUT2D eigenvalue weighted by molar-refractivity contribution is 5.76. The van der Waals surface area contributed by atoms with Crippen molar-refractivity contribution in [3.63, 3.8) is 0 Å². The molecule has 0 saturated carbocycles. The molecule has 30 heavy (non-hydrogen) atoms. The van der Waals surface area contributed by atoms with Crippen molar-refractivity contribution in [1.29, 1.82) is 0 Å². The van der Waals surface area contributed by atoms with Gasteiger partial charge in [-0.25, -0.2) is 4.98 Å². The molecule has 0 radical (unpaired) electrons. The van der Waals surface area contributed by atoms with Crippen molar-refractivity contribution in [2.45, 2.75) is 50.9 Å². The zero-order valence-electron chi connectivity index (χ0n) is 17.4. The molecule has 0 saturated heterocycles. The van der Waals surface area contributed by atoms with Gasteiger partial charge < -0.3 is 15.3 Å². The van der Waals surface area contributed by atoms with Crippen LogP contribution in [0.25, 0.3) is 0 Å². The maximum absolute atomic E-state index is 12.8. The molecule has 6 nitrogen and oxygen atoms in total. The summed E-state index contributed by atoms with van der Waals surface area (Å²) in [6, 6.07) is 13.8. The summed E-state index contributed by atoms with van der Waals surface area (Å²) in [5, 5.41) is 12.6. The van der Waals surface area contributed by atoms with Crippen LogP contribution >= 0.6 is 0 Å². The smallest absolute Gasteiger partial charge is 0.304 e. The SMILES string of the molecule is O=C(O)CC1CN(C(=O)CCCCCCNc2ccccn2)CCc2ccccc21. The van der Waals surface area contributed by atoms with Gasteiger partial charge in [0.05, 0.1) is 6.42 Å². The number of amides is 1. The molecule has 1 unspecified atom stereocenters. The van der Waals surface area contributed by atoms with Gasteiger partial charge in [-0.2, -0.15) is 0 Å². The fourth-order valence-corrected chi connectivity index (χ4v) is 4.08. The molecular formula is C24H31N3O3. The molecule has 1 aromatic carbocycles. The van der Waals surface area contributed by atoms with Crippen molar-refractivity contribution in [3.8, 4) is 0 Å². The Morgan fingerprint density at radius 1 is 1.07 bits per heavy atom. The van der Waals surface area contributed by atoms with Crippen LogP contribution < -0.4 is 5.32 Å². The van der Waals surface area contributed by atoms with Gasteiger partial charge in [0.2, 0.25) is 5.91 Å². The lowest BCUT2D eigenvalue weighted by atomic mass is 9.91. The van der Waals surface area contributed by atoms with E-state index in [0.29, 0.717) is 19.5 Å². The molecular weight excluding hydrogens is 378 g/mol. The minimum atomic E-state index is -0.816. The van der Waals surface area contributed by atoms with Gasteiger partial charge in [-0.15, -0.1) is 0 Å². The second-order valence-electron chi connectivity index (χ2n) is 7.89. The van der Waals surface area contributed by atoms with Gasteiger partial charge in [0, 0.05) is 38.2 Å². The molecule has 2 aromatic rings. The minimum absolute atomic E-state index is 0.0596. The van der Waals surface area contributed by atoms with Crippen LogP contribution in [0.2, 0.25) is 0 Å². The lowest BCUT2D eigenvalue weighted by Crippen LogP contribution is -2.35. The number of carbonyl (C=O) groups excluding carboxylic acids is 1. The standard InChI is InChI=1S/C24H31N3O3/c28-23(12-3-1-2-7-14-25-22-11-6-8-15-26-22)27-16-13-19-9-4-5-10-21(19)20(18-27)17-24(29)30/h4-6,8-11,15,20H,1-3,7,12-14,16-18H2,(H,25,26)(H,29,30). The first kappa shape index (κ1) is 21.8. The van der Waals surface area contributed by atoms with E-state index < -0.39 is 5.97 Å². The predicted molar refractivity (Wildman–Crippen MR) is 118 cm³/mol. The molecule has 1 aliphatic heterocycles. The number of fused-ring (bicyclic) bond motifs is 1. The molecule has 1 atom stereocenters. The maximum atomic E-state index is 12.8. The third-order valence-electron chi connectivity index (χ3n) is 5.65. The number of anilines is 1. The highest BCUT2D eigenvalue weighted by atomic mass is 16.4. The monoisotopic (exact) mass is 409 g/mol. The molecule has 0 spiro atoms. The molecule has 2 heterocycles. The number of aromatic nitrogens is 1. The van der Waals surface area contributed by atoms with E-state index in [1.54, 1.807) is 6.20 Å². The number of unbranched alkanes of at least 4 members (excludes halogenated alkanes) is 3. The number of benzene rings is 1. The molecule has 0 bridgehead atoms. The normalized spacial score (nSPS) is 15.9. The van der Waals surface area contributed by atoms with E-state index >= 15 is 0 Å². The predicted octanol–water partition coefficient (Wildman–Crippen LogP) is 4.09. The number of pyridine rings is 1. The van der Waals surface area contributed by atoms with Crippen molar-refractivity contribution in [2.24, 2.45) is 0 Å². The number of hydrogen-bond acceptors (Lipinski definition) is 4. The third-order valence-corrected chi connectivity index (χ3v) is 5.65. The number of nitrogens with one attached hydrogen (secondary N) is 1. The first-order valence-electron chi connectivity index (χ1n) is 10.9. The fraction of sp³-hybridized carbons (Fsp3) is 0.458. The molecule has 2 N–H and O–H groups in total. The van der Waals surface area contributed by atoms with Crippen molar-refractivity contribution in [3.05, 3.63) is 59.8 Å². The third kappa shape index (κ3) is 6.58. The van der Waals surface area contributed by atoms with E-state index in [4.69, 9.17) is 0 Å². The van der Waals surface area contributed by atoms with E-state index in [0.717, 1.165) is 50.0 Å². The van der Waals surface area contributed by atoms with E-state index in [9.17, 15) is 14.7 Å². The second kappa shape index (κ2) is 11.3. The Morgan fingerprint density at radius 3 is 2.67 bits per heavy atom.